The van der Waals surface area contributed by atoms with E-state index in [-0.39, 0.29) is 12.3 Å². The second-order valence-electron chi connectivity index (χ2n) is 5.75. The molecule has 1 saturated heterocycles. The van der Waals surface area contributed by atoms with Crippen molar-refractivity contribution in [2.75, 3.05) is 13.2 Å². The number of carboxylic acids is 1. The van der Waals surface area contributed by atoms with Crippen LogP contribution in [0.1, 0.15) is 31.7 Å². The second kappa shape index (κ2) is 6.87. The molecule has 5 nitrogen and oxygen atoms in total. The van der Waals surface area contributed by atoms with Crippen LogP contribution < -0.4 is 5.32 Å². The average Bonchev–Trinajstić information content (AvgIpc) is 2.98. The molecule has 2 rings (SSSR count). The van der Waals surface area contributed by atoms with Crippen molar-refractivity contribution in [2.45, 2.75) is 31.7 Å². The number of nitrogens with one attached hydrogen (secondary N) is 1. The first kappa shape index (κ1) is 16.4. The van der Waals surface area contributed by atoms with Gasteiger partial charge in [0.25, 0.3) is 0 Å². The zero-order valence-electron chi connectivity index (χ0n) is 12.5. The van der Waals surface area contributed by atoms with Crippen molar-refractivity contribution in [3.63, 3.8) is 0 Å². The fourth-order valence-electron chi connectivity index (χ4n) is 2.52. The van der Waals surface area contributed by atoms with E-state index in [2.05, 4.69) is 5.32 Å². The molecule has 1 fully saturated rings. The Bertz CT molecular complexity index is 540. The number of carbonyl (C=O) groups is 2. The fraction of sp³-hybridized carbons (Fsp3) is 0.500. The van der Waals surface area contributed by atoms with Gasteiger partial charge in [-0.05, 0) is 43.4 Å². The van der Waals surface area contributed by atoms with Gasteiger partial charge < -0.3 is 15.2 Å². The van der Waals surface area contributed by atoms with Crippen LogP contribution >= 0.6 is 0 Å². The number of benzene rings is 1. The van der Waals surface area contributed by atoms with Gasteiger partial charge in [-0.2, -0.15) is 0 Å². The molecular formula is C16H20FNO4. The average molecular weight is 309 g/mol. The van der Waals surface area contributed by atoms with Crippen molar-refractivity contribution in [2.24, 2.45) is 5.92 Å². The van der Waals surface area contributed by atoms with E-state index in [9.17, 15) is 19.1 Å². The molecule has 0 radical (unpaired) electrons. The lowest BCUT2D eigenvalue weighted by Gasteiger charge is -2.27. The third kappa shape index (κ3) is 3.82. The molecule has 1 aliphatic heterocycles. The summed E-state index contributed by atoms with van der Waals surface area (Å²) >= 11 is 0. The summed E-state index contributed by atoms with van der Waals surface area (Å²) in [4.78, 5) is 23.6. The van der Waals surface area contributed by atoms with E-state index in [0.29, 0.717) is 31.1 Å². The highest BCUT2D eigenvalue weighted by atomic mass is 19.1. The van der Waals surface area contributed by atoms with E-state index in [1.54, 1.807) is 0 Å². The number of ether oxygens (including phenoxy) is 1. The predicted octanol–water partition coefficient (Wildman–Crippen LogP) is 2.06. The first-order valence-corrected chi connectivity index (χ1v) is 7.30. The molecule has 1 heterocycles. The number of halogens is 1. The standard InChI is InChI=1S/C16H20FNO4/c1-16(15(20)21,12-3-5-13(17)6-4-12)18-14(19)7-2-11-8-9-22-10-11/h3-6,11H,2,7-10H2,1H3,(H,18,19)(H,20,21). The molecule has 0 aliphatic carbocycles. The number of aliphatic carboxylic acids is 1. The Morgan fingerprint density at radius 3 is 2.64 bits per heavy atom. The van der Waals surface area contributed by atoms with Gasteiger partial charge in [0.1, 0.15) is 5.82 Å². The highest BCUT2D eigenvalue weighted by Crippen LogP contribution is 2.23. The molecular weight excluding hydrogens is 289 g/mol. The molecule has 22 heavy (non-hydrogen) atoms. The van der Waals surface area contributed by atoms with Crippen LogP contribution in [-0.2, 0) is 19.9 Å². The first-order chi connectivity index (χ1) is 10.4. The highest BCUT2D eigenvalue weighted by Gasteiger charge is 2.36. The molecule has 1 aromatic carbocycles. The summed E-state index contributed by atoms with van der Waals surface area (Å²) in [6, 6.07) is 5.10. The molecule has 0 aromatic heterocycles. The number of rotatable bonds is 6. The van der Waals surface area contributed by atoms with Crippen LogP contribution in [-0.4, -0.2) is 30.2 Å². The number of hydrogen-bond donors (Lipinski definition) is 2. The van der Waals surface area contributed by atoms with Crippen molar-refractivity contribution in [1.82, 2.24) is 5.32 Å². The van der Waals surface area contributed by atoms with Gasteiger partial charge >= 0.3 is 5.97 Å². The van der Waals surface area contributed by atoms with E-state index >= 15 is 0 Å². The molecule has 1 aromatic rings. The van der Waals surface area contributed by atoms with Crippen molar-refractivity contribution in [3.05, 3.63) is 35.6 Å². The lowest BCUT2D eigenvalue weighted by Crippen LogP contribution is -2.49. The normalized spacial score (nSPS) is 20.4. The van der Waals surface area contributed by atoms with Gasteiger partial charge in [0, 0.05) is 19.6 Å². The zero-order chi connectivity index (χ0) is 16.2. The summed E-state index contributed by atoms with van der Waals surface area (Å²) in [5, 5.41) is 12.0. The maximum absolute atomic E-state index is 13.0. The van der Waals surface area contributed by atoms with Crippen molar-refractivity contribution in [1.29, 1.82) is 0 Å². The highest BCUT2D eigenvalue weighted by molar-refractivity contribution is 5.87. The van der Waals surface area contributed by atoms with Crippen LogP contribution in [0.5, 0.6) is 0 Å². The summed E-state index contributed by atoms with van der Waals surface area (Å²) in [6.07, 6.45) is 1.85. The van der Waals surface area contributed by atoms with Crippen LogP contribution in [0.3, 0.4) is 0 Å². The van der Waals surface area contributed by atoms with Crippen LogP contribution in [0.2, 0.25) is 0 Å². The maximum Gasteiger partial charge on any atom is 0.333 e. The molecule has 2 N–H and O–H groups in total. The Hall–Kier alpha value is -1.95. The SMILES string of the molecule is CC(NC(=O)CCC1CCOC1)(C(=O)O)c1ccc(F)cc1. The summed E-state index contributed by atoms with van der Waals surface area (Å²) in [6.45, 7) is 2.77. The lowest BCUT2D eigenvalue weighted by atomic mass is 9.91. The van der Waals surface area contributed by atoms with Gasteiger partial charge in [0.15, 0.2) is 5.54 Å². The Labute approximate surface area is 128 Å². The molecule has 6 heteroatoms. The molecule has 1 amide bonds. The van der Waals surface area contributed by atoms with Gasteiger partial charge in [-0.1, -0.05) is 12.1 Å². The summed E-state index contributed by atoms with van der Waals surface area (Å²) in [5.74, 6) is -1.62. The minimum absolute atomic E-state index is 0.248. The van der Waals surface area contributed by atoms with Gasteiger partial charge in [-0.15, -0.1) is 0 Å². The van der Waals surface area contributed by atoms with Gasteiger partial charge in [0.2, 0.25) is 5.91 Å². The molecule has 1 aliphatic rings. The largest absolute Gasteiger partial charge is 0.479 e. The minimum Gasteiger partial charge on any atom is -0.479 e. The minimum atomic E-state index is -1.57. The lowest BCUT2D eigenvalue weighted by molar-refractivity contribution is -0.147. The van der Waals surface area contributed by atoms with E-state index < -0.39 is 17.3 Å². The summed E-state index contributed by atoms with van der Waals surface area (Å²) < 4.78 is 18.2. The fourth-order valence-corrected chi connectivity index (χ4v) is 2.52. The predicted molar refractivity (Wildman–Crippen MR) is 77.7 cm³/mol. The van der Waals surface area contributed by atoms with Crippen molar-refractivity contribution in [3.8, 4) is 0 Å². The summed E-state index contributed by atoms with van der Waals surface area (Å²) in [5.41, 5.74) is -1.24. The number of amides is 1. The quantitative estimate of drug-likeness (QED) is 0.843. The van der Waals surface area contributed by atoms with Gasteiger partial charge in [-0.3, -0.25) is 4.79 Å². The third-order valence-electron chi connectivity index (χ3n) is 4.04. The molecule has 2 unspecified atom stereocenters. The van der Waals surface area contributed by atoms with Crippen LogP contribution in [0, 0.1) is 11.7 Å². The molecule has 0 spiro atoms. The molecule has 0 saturated carbocycles. The topological polar surface area (TPSA) is 75.6 Å². The first-order valence-electron chi connectivity index (χ1n) is 7.30. The van der Waals surface area contributed by atoms with E-state index in [4.69, 9.17) is 4.74 Å². The Kier molecular flexibility index (Phi) is 5.13. The third-order valence-corrected chi connectivity index (χ3v) is 4.04. The Morgan fingerprint density at radius 2 is 2.09 bits per heavy atom. The Morgan fingerprint density at radius 1 is 1.41 bits per heavy atom. The van der Waals surface area contributed by atoms with Crippen LogP contribution in [0.15, 0.2) is 24.3 Å². The van der Waals surface area contributed by atoms with Crippen molar-refractivity contribution >= 4 is 11.9 Å². The van der Waals surface area contributed by atoms with E-state index in [0.717, 1.165) is 6.42 Å². The zero-order valence-corrected chi connectivity index (χ0v) is 12.5. The monoisotopic (exact) mass is 309 g/mol. The summed E-state index contributed by atoms with van der Waals surface area (Å²) in [7, 11) is 0. The molecule has 0 bridgehead atoms. The number of hydrogen-bond acceptors (Lipinski definition) is 3. The van der Waals surface area contributed by atoms with Gasteiger partial charge in [-0.25, -0.2) is 9.18 Å². The van der Waals surface area contributed by atoms with Crippen LogP contribution in [0.4, 0.5) is 4.39 Å². The second-order valence-corrected chi connectivity index (χ2v) is 5.75. The number of carbonyl (C=O) groups excluding carboxylic acids is 1. The number of carboxylic acid groups (broad SMARTS) is 1. The molecule has 2 atom stereocenters. The van der Waals surface area contributed by atoms with Crippen molar-refractivity contribution < 1.29 is 23.8 Å². The van der Waals surface area contributed by atoms with Gasteiger partial charge in [0.05, 0.1) is 0 Å². The smallest absolute Gasteiger partial charge is 0.333 e. The van der Waals surface area contributed by atoms with E-state index in [1.165, 1.54) is 31.2 Å². The maximum atomic E-state index is 13.0. The van der Waals surface area contributed by atoms with E-state index in [1.807, 2.05) is 0 Å². The Balaban J connectivity index is 2.02. The van der Waals surface area contributed by atoms with Crippen LogP contribution in [0.25, 0.3) is 0 Å². The molecule has 120 valence electrons.